The van der Waals surface area contributed by atoms with Crippen LogP contribution in [0.3, 0.4) is 0 Å². The van der Waals surface area contributed by atoms with Crippen LogP contribution in [0.4, 0.5) is 8.78 Å². The number of piperidine rings is 1. The van der Waals surface area contributed by atoms with Crippen molar-refractivity contribution in [3.8, 4) is 0 Å². The molecule has 0 aliphatic carbocycles. The Morgan fingerprint density at radius 3 is 2.46 bits per heavy atom. The Labute approximate surface area is 76.9 Å². The molecule has 0 atom stereocenters. The van der Waals surface area contributed by atoms with Gasteiger partial charge in [0.2, 0.25) is 0 Å². The fourth-order valence-electron chi connectivity index (χ4n) is 1.74. The third-order valence-electron chi connectivity index (χ3n) is 2.53. The van der Waals surface area contributed by atoms with E-state index in [0.717, 1.165) is 19.1 Å². The molecular formula is C9H15F2NO. The molecule has 1 aliphatic rings. The number of carbonyl (C=O) groups excluding carboxylic acids is 1. The smallest absolute Gasteiger partial charge is 0.251 e. The van der Waals surface area contributed by atoms with Crippen LogP contribution in [-0.2, 0) is 4.79 Å². The first-order chi connectivity index (χ1) is 6.22. The van der Waals surface area contributed by atoms with Crippen molar-refractivity contribution < 1.29 is 13.6 Å². The van der Waals surface area contributed by atoms with Gasteiger partial charge in [0, 0.05) is 6.42 Å². The molecule has 13 heavy (non-hydrogen) atoms. The minimum absolute atomic E-state index is 0.117. The van der Waals surface area contributed by atoms with E-state index in [1.165, 1.54) is 0 Å². The first kappa shape index (κ1) is 10.6. The summed E-state index contributed by atoms with van der Waals surface area (Å²) in [5, 5.41) is 0. The highest BCUT2D eigenvalue weighted by Crippen LogP contribution is 2.19. The average molecular weight is 191 g/mol. The highest BCUT2D eigenvalue weighted by atomic mass is 19.3. The predicted molar refractivity (Wildman–Crippen MR) is 45.8 cm³/mol. The Kier molecular flexibility index (Phi) is 4.28. The standard InChI is InChI=1S/C9H15F2NO/c10-9(11)7-12-4-1-8(2-5-12)3-6-13/h6,8-9H,1-5,7H2. The van der Waals surface area contributed by atoms with Crippen molar-refractivity contribution in [3.05, 3.63) is 0 Å². The number of carbonyl (C=O) groups is 1. The lowest BCUT2D eigenvalue weighted by molar-refractivity contribution is -0.109. The number of nitrogens with zero attached hydrogens (tertiary/aromatic N) is 1. The zero-order valence-corrected chi connectivity index (χ0v) is 7.59. The predicted octanol–water partition coefficient (Wildman–Crippen LogP) is 1.55. The van der Waals surface area contributed by atoms with E-state index in [4.69, 9.17) is 0 Å². The van der Waals surface area contributed by atoms with E-state index >= 15 is 0 Å². The van der Waals surface area contributed by atoms with Gasteiger partial charge < -0.3 is 4.79 Å². The van der Waals surface area contributed by atoms with E-state index in [9.17, 15) is 13.6 Å². The summed E-state index contributed by atoms with van der Waals surface area (Å²) in [5.74, 6) is 0.423. The Bertz CT molecular complexity index is 156. The number of hydrogen-bond donors (Lipinski definition) is 0. The van der Waals surface area contributed by atoms with Crippen molar-refractivity contribution in [2.24, 2.45) is 5.92 Å². The number of alkyl halides is 2. The monoisotopic (exact) mass is 191 g/mol. The molecular weight excluding hydrogens is 176 g/mol. The fraction of sp³-hybridized carbons (Fsp3) is 0.889. The highest BCUT2D eigenvalue weighted by Gasteiger charge is 2.20. The number of hydrogen-bond acceptors (Lipinski definition) is 2. The van der Waals surface area contributed by atoms with Gasteiger partial charge in [0.25, 0.3) is 6.43 Å². The maximum atomic E-state index is 12.0. The molecule has 0 bridgehead atoms. The summed E-state index contributed by atoms with van der Waals surface area (Å²) >= 11 is 0. The van der Waals surface area contributed by atoms with Crippen molar-refractivity contribution >= 4 is 6.29 Å². The minimum Gasteiger partial charge on any atom is -0.303 e. The van der Waals surface area contributed by atoms with Crippen LogP contribution in [0.2, 0.25) is 0 Å². The van der Waals surface area contributed by atoms with Crippen LogP contribution in [0.25, 0.3) is 0 Å². The minimum atomic E-state index is -2.23. The van der Waals surface area contributed by atoms with Crippen LogP contribution < -0.4 is 0 Å². The molecule has 1 saturated heterocycles. The molecule has 0 aromatic heterocycles. The van der Waals surface area contributed by atoms with Gasteiger partial charge in [0.05, 0.1) is 6.54 Å². The number of aldehydes is 1. The third kappa shape index (κ3) is 3.81. The molecule has 0 N–H and O–H groups in total. The molecule has 0 unspecified atom stereocenters. The lowest BCUT2D eigenvalue weighted by Crippen LogP contribution is -2.36. The Balaban J connectivity index is 2.18. The Morgan fingerprint density at radius 1 is 1.38 bits per heavy atom. The molecule has 1 aliphatic heterocycles. The van der Waals surface area contributed by atoms with Crippen molar-refractivity contribution in [3.63, 3.8) is 0 Å². The molecule has 1 rings (SSSR count). The van der Waals surface area contributed by atoms with E-state index in [-0.39, 0.29) is 6.54 Å². The van der Waals surface area contributed by atoms with Crippen LogP contribution in [-0.4, -0.2) is 37.2 Å². The van der Waals surface area contributed by atoms with Crippen LogP contribution in [0.1, 0.15) is 19.3 Å². The van der Waals surface area contributed by atoms with E-state index in [2.05, 4.69) is 0 Å². The molecule has 0 spiro atoms. The molecule has 0 aromatic carbocycles. The molecule has 0 aromatic rings. The first-order valence-corrected chi connectivity index (χ1v) is 4.66. The van der Waals surface area contributed by atoms with E-state index < -0.39 is 6.43 Å². The van der Waals surface area contributed by atoms with Crippen molar-refractivity contribution in [2.45, 2.75) is 25.7 Å². The summed E-state index contributed by atoms with van der Waals surface area (Å²) in [4.78, 5) is 12.0. The zero-order valence-electron chi connectivity index (χ0n) is 7.59. The van der Waals surface area contributed by atoms with Gasteiger partial charge in [-0.1, -0.05) is 0 Å². The number of halogens is 2. The summed E-state index contributed by atoms with van der Waals surface area (Å²) in [6.45, 7) is 1.31. The van der Waals surface area contributed by atoms with Gasteiger partial charge >= 0.3 is 0 Å². The summed E-state index contributed by atoms with van der Waals surface area (Å²) in [7, 11) is 0. The summed E-state index contributed by atoms with van der Waals surface area (Å²) in [6, 6.07) is 0. The molecule has 2 nitrogen and oxygen atoms in total. The van der Waals surface area contributed by atoms with Crippen molar-refractivity contribution in [2.75, 3.05) is 19.6 Å². The Morgan fingerprint density at radius 2 is 2.00 bits per heavy atom. The van der Waals surface area contributed by atoms with E-state index in [0.29, 0.717) is 25.4 Å². The zero-order chi connectivity index (χ0) is 9.68. The number of rotatable bonds is 4. The topological polar surface area (TPSA) is 20.3 Å². The SMILES string of the molecule is O=CCC1CCN(CC(F)F)CC1. The maximum absolute atomic E-state index is 12.0. The third-order valence-corrected chi connectivity index (χ3v) is 2.53. The summed E-state index contributed by atoms with van der Waals surface area (Å²) in [5.41, 5.74) is 0. The molecule has 0 radical (unpaired) electrons. The van der Waals surface area contributed by atoms with Crippen LogP contribution in [0.15, 0.2) is 0 Å². The van der Waals surface area contributed by atoms with Gasteiger partial charge in [0.1, 0.15) is 6.29 Å². The van der Waals surface area contributed by atoms with Gasteiger partial charge in [-0.05, 0) is 31.8 Å². The summed E-state index contributed by atoms with van der Waals surface area (Å²) < 4.78 is 23.9. The lowest BCUT2D eigenvalue weighted by atomic mass is 9.94. The lowest BCUT2D eigenvalue weighted by Gasteiger charge is -2.30. The van der Waals surface area contributed by atoms with Gasteiger partial charge in [-0.15, -0.1) is 0 Å². The maximum Gasteiger partial charge on any atom is 0.251 e. The molecule has 1 fully saturated rings. The second kappa shape index (κ2) is 5.27. The Hall–Kier alpha value is -0.510. The largest absolute Gasteiger partial charge is 0.303 e. The molecule has 0 saturated carbocycles. The normalized spacial score (nSPS) is 20.8. The van der Waals surface area contributed by atoms with Gasteiger partial charge in [-0.2, -0.15) is 0 Å². The van der Waals surface area contributed by atoms with Crippen molar-refractivity contribution in [1.82, 2.24) is 4.90 Å². The highest BCUT2D eigenvalue weighted by molar-refractivity contribution is 5.49. The molecule has 4 heteroatoms. The second-order valence-corrected chi connectivity index (χ2v) is 3.54. The van der Waals surface area contributed by atoms with Crippen LogP contribution in [0.5, 0.6) is 0 Å². The van der Waals surface area contributed by atoms with Crippen molar-refractivity contribution in [1.29, 1.82) is 0 Å². The van der Waals surface area contributed by atoms with Crippen LogP contribution in [0, 0.1) is 5.92 Å². The van der Waals surface area contributed by atoms with Gasteiger partial charge in [-0.3, -0.25) is 4.90 Å². The fourth-order valence-corrected chi connectivity index (χ4v) is 1.74. The van der Waals surface area contributed by atoms with Gasteiger partial charge in [-0.25, -0.2) is 8.78 Å². The van der Waals surface area contributed by atoms with Crippen LogP contribution >= 0.6 is 0 Å². The second-order valence-electron chi connectivity index (χ2n) is 3.54. The quantitative estimate of drug-likeness (QED) is 0.628. The summed E-state index contributed by atoms with van der Waals surface area (Å²) in [6.07, 6.45) is 1.04. The molecule has 76 valence electrons. The average Bonchev–Trinajstić information content (AvgIpc) is 2.08. The number of likely N-dealkylation sites (tertiary alicyclic amines) is 1. The molecule has 1 heterocycles. The van der Waals surface area contributed by atoms with E-state index in [1.54, 1.807) is 4.90 Å². The first-order valence-electron chi connectivity index (χ1n) is 4.66. The molecule has 0 amide bonds. The van der Waals surface area contributed by atoms with E-state index in [1.807, 2.05) is 0 Å². The van der Waals surface area contributed by atoms with Gasteiger partial charge in [0.15, 0.2) is 0 Å².